The van der Waals surface area contributed by atoms with Crippen molar-refractivity contribution in [3.8, 4) is 11.8 Å². The number of carbonyl (C=O) groups is 12. The topological polar surface area (TPSA) is 480 Å². The minimum absolute atomic E-state index is 0.0303. The average molecular weight is 1620 g/mol. The van der Waals surface area contributed by atoms with E-state index in [-0.39, 0.29) is 187 Å². The maximum absolute atomic E-state index is 13.8. The highest BCUT2D eigenvalue weighted by molar-refractivity contribution is 14.1. The van der Waals surface area contributed by atoms with Crippen LogP contribution in [0.1, 0.15) is 79.3 Å². The number of amides is 8. The maximum Gasteiger partial charge on any atom is 0.326 e. The molecule has 2 aliphatic rings. The van der Waals surface area contributed by atoms with Crippen molar-refractivity contribution in [1.82, 2.24) is 61.4 Å². The van der Waals surface area contributed by atoms with E-state index in [4.69, 9.17) is 18.9 Å². The maximum atomic E-state index is 13.8. The first-order valence-electron chi connectivity index (χ1n) is 35.7. The molecule has 6 rings (SSSR count). The number of nitriles is 1. The van der Waals surface area contributed by atoms with Gasteiger partial charge in [-0.15, -0.1) is 0 Å². The van der Waals surface area contributed by atoms with Gasteiger partial charge in [0.25, 0.3) is 11.8 Å². The Morgan fingerprint density at radius 3 is 1.83 bits per heavy atom. The molecule has 2 saturated heterocycles. The molecule has 0 saturated carbocycles. The number of carboxylic acid groups (broad SMARTS) is 5. The third kappa shape index (κ3) is 33.6. The van der Waals surface area contributed by atoms with Gasteiger partial charge in [0.2, 0.25) is 23.6 Å². The van der Waals surface area contributed by atoms with Gasteiger partial charge >= 0.3 is 35.9 Å². The third-order valence-electron chi connectivity index (χ3n) is 17.5. The number of nitrogens with zero attached hydrogens (tertiary/aromatic N) is 7. The number of ether oxygens (including phenoxy) is 4. The van der Waals surface area contributed by atoms with Crippen molar-refractivity contribution in [2.45, 2.75) is 94.8 Å². The molecular formula is C72H97IN14O21. The van der Waals surface area contributed by atoms with Crippen molar-refractivity contribution in [2.24, 2.45) is 0 Å². The van der Waals surface area contributed by atoms with Crippen molar-refractivity contribution in [1.29, 1.82) is 5.26 Å². The summed E-state index contributed by atoms with van der Waals surface area (Å²) in [6, 6.07) is 18.4. The number of likely N-dealkylation sites (tertiary alicyclic amines) is 1. The number of rotatable bonds is 45. The second kappa shape index (κ2) is 47.8. The normalized spacial score (nSPS) is 15.9. The van der Waals surface area contributed by atoms with E-state index in [1.807, 2.05) is 24.3 Å². The first-order valence-corrected chi connectivity index (χ1v) is 36.7. The second-order valence-electron chi connectivity index (χ2n) is 25.8. The van der Waals surface area contributed by atoms with Crippen LogP contribution in [0.25, 0.3) is 10.9 Å². The standard InChI is InChI=1S/C72H97IN14O21/c73-51-13-9-50(10-14-51)39-62(89)76-21-3-2-8-59(71(102)103)82-70(101)58(7-1-4-22-78-72(104)80-52-15-11-49(12-16-52)38-54-43-85(46-67(96)97)29-28-83(44-65(92)93)26-27-84(45-66(94)95)30-31-86(54)47-68(98)99)81-61(88)20-32-105-34-36-107-37-35-106-33-24-77-63(90)48-108-55-17-18-56-57(19-23-75-60(56)40-55)69(100)79-42-64(91)87-25-5-6-53(87)41-74/h9-19,23,40,53-54,58-59H,1-8,20-22,24-39,42-48H2,(H,76,89)(H,77,90)(H,79,100)(H,81,88)(H,82,101)(H,92,93)(H,94,95)(H,96,97)(H,98,99)(H,102,103)(H2,78,80,104)/t53-,54?,58+,59+/m1/s1. The fraction of sp³-hybridized carbons (Fsp3) is 0.528. The van der Waals surface area contributed by atoms with Crippen LogP contribution >= 0.6 is 22.6 Å². The monoisotopic (exact) mass is 1620 g/mol. The Morgan fingerprint density at radius 1 is 0.593 bits per heavy atom. The molecule has 0 spiro atoms. The molecule has 108 heavy (non-hydrogen) atoms. The van der Waals surface area contributed by atoms with E-state index < -0.39 is 96.8 Å². The molecule has 588 valence electrons. The van der Waals surface area contributed by atoms with Gasteiger partial charge in [0.15, 0.2) is 6.61 Å². The van der Waals surface area contributed by atoms with Crippen LogP contribution in [0.5, 0.6) is 5.75 Å². The van der Waals surface area contributed by atoms with Crippen molar-refractivity contribution >= 4 is 111 Å². The molecule has 8 amide bonds. The van der Waals surface area contributed by atoms with E-state index in [9.17, 15) is 88.3 Å². The zero-order valence-electron chi connectivity index (χ0n) is 60.1. The predicted molar refractivity (Wildman–Crippen MR) is 397 cm³/mol. The fourth-order valence-corrected chi connectivity index (χ4v) is 12.3. The van der Waals surface area contributed by atoms with Gasteiger partial charge in [-0.05, 0) is 134 Å². The molecule has 0 aliphatic carbocycles. The Bertz CT molecular complexity index is 3690. The van der Waals surface area contributed by atoms with Crippen LogP contribution in [0.2, 0.25) is 0 Å². The summed E-state index contributed by atoms with van der Waals surface area (Å²) in [7, 11) is 0. The molecule has 3 heterocycles. The molecule has 4 atom stereocenters. The minimum atomic E-state index is -1.32. The van der Waals surface area contributed by atoms with Crippen LogP contribution < -0.4 is 42.0 Å². The van der Waals surface area contributed by atoms with E-state index in [2.05, 4.69) is 70.9 Å². The summed E-state index contributed by atoms with van der Waals surface area (Å²) in [5.74, 6) is -8.23. The number of urea groups is 1. The molecule has 1 aromatic heterocycles. The van der Waals surface area contributed by atoms with Gasteiger partial charge in [0.1, 0.15) is 23.9 Å². The lowest BCUT2D eigenvalue weighted by Crippen LogP contribution is -2.53. The lowest BCUT2D eigenvalue weighted by molar-refractivity contribution is -0.142. The van der Waals surface area contributed by atoms with Crippen LogP contribution in [0.3, 0.4) is 0 Å². The molecule has 1 unspecified atom stereocenters. The Balaban J connectivity index is 0.917. The van der Waals surface area contributed by atoms with E-state index in [0.29, 0.717) is 60.1 Å². The smallest absolute Gasteiger partial charge is 0.326 e. The number of aliphatic carboxylic acids is 5. The van der Waals surface area contributed by atoms with E-state index in [1.165, 1.54) is 17.2 Å². The van der Waals surface area contributed by atoms with Crippen molar-refractivity contribution in [3.63, 3.8) is 0 Å². The molecule has 3 aromatic carbocycles. The summed E-state index contributed by atoms with van der Waals surface area (Å²) >= 11 is 2.17. The quantitative estimate of drug-likeness (QED) is 0.0217. The number of halogens is 1. The van der Waals surface area contributed by atoms with E-state index >= 15 is 0 Å². The minimum Gasteiger partial charge on any atom is -0.484 e. The number of fused-ring (bicyclic) bond motifs is 1. The summed E-state index contributed by atoms with van der Waals surface area (Å²) in [4.78, 5) is 164. The first kappa shape index (κ1) is 87.2. The van der Waals surface area contributed by atoms with E-state index in [0.717, 1.165) is 15.6 Å². The number of hydrogen-bond donors (Lipinski definition) is 12. The fourth-order valence-electron chi connectivity index (χ4n) is 12.0. The lowest BCUT2D eigenvalue weighted by atomic mass is 10.0. The van der Waals surface area contributed by atoms with Gasteiger partial charge in [-0.3, -0.25) is 72.5 Å². The molecule has 36 heteroatoms. The van der Waals surface area contributed by atoms with Crippen LogP contribution in [0, 0.1) is 14.9 Å². The van der Waals surface area contributed by atoms with Crippen molar-refractivity contribution in [2.75, 3.05) is 156 Å². The third-order valence-corrected chi connectivity index (χ3v) is 18.2. The molecule has 35 nitrogen and oxygen atoms in total. The van der Waals surface area contributed by atoms with E-state index in [1.54, 1.807) is 62.1 Å². The summed E-state index contributed by atoms with van der Waals surface area (Å²) in [5, 5.41) is 77.9. The Hall–Kier alpha value is -9.75. The summed E-state index contributed by atoms with van der Waals surface area (Å²) in [6.45, 7) is 0.498. The van der Waals surface area contributed by atoms with Gasteiger partial charge < -0.3 is 86.6 Å². The van der Waals surface area contributed by atoms with Gasteiger partial charge in [-0.25, -0.2) is 9.59 Å². The number of pyridine rings is 1. The number of benzene rings is 3. The highest BCUT2D eigenvalue weighted by atomic mass is 127. The zero-order valence-corrected chi connectivity index (χ0v) is 62.3. The SMILES string of the molecule is N#C[C@H]1CCCN1C(=O)CNC(=O)c1ccnc2cc(OCC(=O)NCCOCCOCCOCCC(=O)N[C@@H](CCCCNC(=O)Nc3ccc(CC4CN(CC(=O)O)CCN(CC(=O)O)CCN(CC(=O)O)CCN4CC(=O)O)cc3)C(=O)N[C@@H](CCCCNC(=O)Cc3ccc(I)cc3)C(=O)O)ccc12. The number of carboxylic acids is 5. The first-order chi connectivity index (χ1) is 51.9. The van der Waals surface area contributed by atoms with Crippen LogP contribution in [-0.2, 0) is 75.0 Å². The van der Waals surface area contributed by atoms with Gasteiger partial charge in [-0.1, -0.05) is 24.3 Å². The average Bonchev–Trinajstić information content (AvgIpc) is 0.945. The van der Waals surface area contributed by atoms with Crippen LogP contribution in [-0.4, -0.2) is 301 Å². The largest absolute Gasteiger partial charge is 0.484 e. The molecule has 0 bridgehead atoms. The number of hydrogen-bond acceptors (Lipinski definition) is 22. The highest BCUT2D eigenvalue weighted by Gasteiger charge is 2.31. The summed E-state index contributed by atoms with van der Waals surface area (Å²) < 4.78 is 23.4. The molecule has 2 fully saturated rings. The Kier molecular flexibility index (Phi) is 38.6. The zero-order chi connectivity index (χ0) is 78.2. The van der Waals surface area contributed by atoms with Gasteiger partial charge in [-0.2, -0.15) is 5.26 Å². The van der Waals surface area contributed by atoms with Crippen LogP contribution in [0.4, 0.5) is 10.5 Å². The Labute approximate surface area is 638 Å². The molecule has 2 aliphatic heterocycles. The number of nitrogens with one attached hydrogen (secondary N) is 7. The van der Waals surface area contributed by atoms with Crippen molar-refractivity contribution in [3.05, 3.63) is 99.3 Å². The molecule has 0 radical (unpaired) electrons. The van der Waals surface area contributed by atoms with Crippen molar-refractivity contribution < 1.29 is 102 Å². The number of carbonyl (C=O) groups excluding carboxylic acids is 7. The molecular weight excluding hydrogens is 1520 g/mol. The second-order valence-corrected chi connectivity index (χ2v) is 27.0. The highest BCUT2D eigenvalue weighted by Crippen LogP contribution is 2.24. The van der Waals surface area contributed by atoms with Crippen LogP contribution in [0.15, 0.2) is 79.0 Å². The molecule has 12 N–H and O–H groups in total. The Morgan fingerprint density at radius 2 is 1.19 bits per heavy atom. The van der Waals surface area contributed by atoms with Gasteiger partial charge in [0, 0.05) is 111 Å². The summed E-state index contributed by atoms with van der Waals surface area (Å²) in [6.07, 6.45) is 4.45. The number of aromatic nitrogens is 1. The predicted octanol–water partition coefficient (Wildman–Crippen LogP) is 1.07. The summed E-state index contributed by atoms with van der Waals surface area (Å²) in [5.41, 5.74) is 2.64. The number of anilines is 1. The molecule has 4 aromatic rings. The lowest BCUT2D eigenvalue weighted by Gasteiger charge is -2.37. The van der Waals surface area contributed by atoms with Gasteiger partial charge in [0.05, 0.1) is 95.9 Å². The number of unbranched alkanes of at least 4 members (excludes halogenated alkanes) is 2.